The van der Waals surface area contributed by atoms with Crippen LogP contribution in [-0.4, -0.2) is 45.8 Å². The largest absolute Gasteiger partial charge is 0.464 e. The molecule has 0 bridgehead atoms. The molecule has 2 aromatic heterocycles. The molecule has 5 rings (SSSR count). The highest BCUT2D eigenvalue weighted by atomic mass is 31.2. The first kappa shape index (κ1) is 25.3. The average Bonchev–Trinajstić information content (AvgIpc) is 3.49. The lowest BCUT2D eigenvalue weighted by atomic mass is 10.3. The smallest absolute Gasteiger partial charge is 0.342 e. The van der Waals surface area contributed by atoms with E-state index in [2.05, 4.69) is 15.1 Å². The van der Waals surface area contributed by atoms with Crippen molar-refractivity contribution in [2.45, 2.75) is 38.3 Å². The number of nitrogens with zero attached hydrogens (tertiary/aromatic N) is 3. The van der Waals surface area contributed by atoms with Gasteiger partial charge in [0.2, 0.25) is 0 Å². The fraction of sp³-hybridized carbons (Fsp3) is 0.375. The Kier molecular flexibility index (Phi) is 7.25. The topological polar surface area (TPSA) is 140 Å². The number of halogens is 1. The Balaban J connectivity index is 1.26. The highest BCUT2D eigenvalue weighted by molar-refractivity contribution is 7.57. The number of nitrogens with two attached hydrogens (primary N) is 1. The van der Waals surface area contributed by atoms with E-state index in [1.807, 2.05) is 0 Å². The van der Waals surface area contributed by atoms with Crippen molar-refractivity contribution in [2.24, 2.45) is 5.92 Å². The van der Waals surface area contributed by atoms with Crippen LogP contribution in [0.5, 0.6) is 5.75 Å². The molecular weight excluding hydrogens is 504 g/mol. The van der Waals surface area contributed by atoms with E-state index in [-0.39, 0.29) is 0 Å². The average molecular weight is 531 g/mol. The summed E-state index contributed by atoms with van der Waals surface area (Å²) in [7, 11) is -3.83. The molecule has 1 aliphatic heterocycles. The van der Waals surface area contributed by atoms with E-state index in [1.165, 1.54) is 24.0 Å². The normalized spacial score (nSPS) is 21.8. The molecule has 3 N–H and O–H groups in total. The number of anilines is 1. The molecule has 3 aromatic rings. The van der Waals surface area contributed by atoms with Crippen molar-refractivity contribution >= 4 is 30.3 Å². The van der Waals surface area contributed by atoms with Crippen molar-refractivity contribution < 1.29 is 32.5 Å². The summed E-state index contributed by atoms with van der Waals surface area (Å²) in [5.41, 5.74) is 7.06. The fourth-order valence-corrected chi connectivity index (χ4v) is 5.41. The molecule has 13 heteroatoms. The number of imidazole rings is 1. The van der Waals surface area contributed by atoms with Gasteiger partial charge >= 0.3 is 13.5 Å². The van der Waals surface area contributed by atoms with Gasteiger partial charge in [0.1, 0.15) is 17.3 Å². The van der Waals surface area contributed by atoms with Crippen LogP contribution < -0.4 is 15.3 Å². The van der Waals surface area contributed by atoms with Crippen LogP contribution in [0.4, 0.5) is 10.1 Å². The Morgan fingerprint density at radius 3 is 2.84 bits per heavy atom. The van der Waals surface area contributed by atoms with Gasteiger partial charge in [0, 0.05) is 12.3 Å². The second-order valence-electron chi connectivity index (χ2n) is 8.93. The minimum Gasteiger partial charge on any atom is -0.464 e. The number of aromatic nitrogens is 3. The quantitative estimate of drug-likeness (QED) is 0.277. The first-order chi connectivity index (χ1) is 17.8. The summed E-state index contributed by atoms with van der Waals surface area (Å²) in [4.78, 5) is 20.8. The Labute approximate surface area is 212 Å². The highest BCUT2D eigenvalue weighted by Crippen LogP contribution is 2.45. The van der Waals surface area contributed by atoms with E-state index in [0.29, 0.717) is 35.1 Å². The van der Waals surface area contributed by atoms with Crippen LogP contribution >= 0.6 is 7.52 Å². The van der Waals surface area contributed by atoms with Crippen molar-refractivity contribution in [1.82, 2.24) is 19.6 Å². The molecule has 1 aliphatic carbocycles. The number of nitrogens with one attached hydrogen (secondary N) is 1. The van der Waals surface area contributed by atoms with Gasteiger partial charge in [-0.1, -0.05) is 18.2 Å². The predicted octanol–water partition coefficient (Wildman–Crippen LogP) is 3.90. The number of fused-ring (bicyclic) bond motifs is 1. The Morgan fingerprint density at radius 2 is 2.08 bits per heavy atom. The van der Waals surface area contributed by atoms with Gasteiger partial charge in [0.05, 0.1) is 18.6 Å². The van der Waals surface area contributed by atoms with Crippen LogP contribution in [0.15, 0.2) is 60.8 Å². The summed E-state index contributed by atoms with van der Waals surface area (Å²) in [6.45, 7) is 1.86. The van der Waals surface area contributed by atoms with Gasteiger partial charge in [-0.25, -0.2) is 19.4 Å². The molecule has 196 valence electrons. The summed E-state index contributed by atoms with van der Waals surface area (Å²) >= 11 is 0. The minimum atomic E-state index is -3.83. The van der Waals surface area contributed by atoms with E-state index in [9.17, 15) is 13.8 Å². The third kappa shape index (κ3) is 5.99. The molecule has 1 unspecified atom stereocenters. The predicted molar refractivity (Wildman–Crippen MR) is 132 cm³/mol. The molecular formula is C24H27FN5O6P. The highest BCUT2D eigenvalue weighted by Gasteiger charge is 2.36. The first-order valence-electron chi connectivity index (χ1n) is 11.8. The molecule has 37 heavy (non-hydrogen) atoms. The molecule has 1 fully saturated rings. The second kappa shape index (κ2) is 10.6. The zero-order valence-electron chi connectivity index (χ0n) is 20.0. The number of hydrogen-bond acceptors (Lipinski definition) is 9. The molecule has 4 atom stereocenters. The van der Waals surface area contributed by atoms with E-state index in [1.54, 1.807) is 36.4 Å². The third-order valence-corrected chi connectivity index (χ3v) is 7.62. The van der Waals surface area contributed by atoms with Crippen molar-refractivity contribution in [3.8, 4) is 5.75 Å². The lowest BCUT2D eigenvalue weighted by Gasteiger charge is -2.24. The standard InChI is InChI=1S/C24H27FN5O6P/c1-15(24(31)33-12-16-7-8-16)29-37(32,36-17-5-3-2-4-6-17)14-34-20-11-18(25)23(35-20)30-13-28-21-19(26)9-10-27-22(21)30/h2-6,9-11,13,15-16,20,23H,7-8,12,14H2,1H3,(H2,26,27)(H,29,32)/t15-,20-,23+,37?/m0/s1. The maximum atomic E-state index is 14.8. The zero-order valence-corrected chi connectivity index (χ0v) is 20.9. The molecule has 0 radical (unpaired) electrons. The van der Waals surface area contributed by atoms with Crippen LogP contribution in [0, 0.1) is 5.92 Å². The number of carbonyl (C=O) groups is 1. The SMILES string of the molecule is C[C@H](NP(=O)(CO[C@@H]1C=C(F)[C@H](n2cnc3c(N)ccnc32)O1)Oc1ccccc1)C(=O)OCC1CC1. The summed E-state index contributed by atoms with van der Waals surface area (Å²) < 4.78 is 52.3. The number of para-hydroxylation sites is 1. The summed E-state index contributed by atoms with van der Waals surface area (Å²) in [6.07, 6.45) is 3.14. The Hall–Kier alpha value is -3.31. The monoisotopic (exact) mass is 531 g/mol. The number of ether oxygens (including phenoxy) is 3. The summed E-state index contributed by atoms with van der Waals surface area (Å²) in [6, 6.07) is 9.11. The van der Waals surface area contributed by atoms with Gasteiger partial charge < -0.3 is 24.5 Å². The number of rotatable bonds is 11. The van der Waals surface area contributed by atoms with Crippen LogP contribution in [0.2, 0.25) is 0 Å². The number of pyridine rings is 1. The molecule has 0 saturated heterocycles. The van der Waals surface area contributed by atoms with Gasteiger partial charge in [-0.05, 0) is 43.9 Å². The van der Waals surface area contributed by atoms with E-state index in [0.717, 1.165) is 18.9 Å². The van der Waals surface area contributed by atoms with E-state index in [4.69, 9.17) is 24.5 Å². The van der Waals surface area contributed by atoms with Crippen LogP contribution in [0.1, 0.15) is 26.0 Å². The van der Waals surface area contributed by atoms with Gasteiger partial charge in [-0.2, -0.15) is 0 Å². The molecule has 3 heterocycles. The maximum Gasteiger partial charge on any atom is 0.342 e. The molecule has 11 nitrogen and oxygen atoms in total. The van der Waals surface area contributed by atoms with Crippen molar-refractivity contribution in [3.05, 3.63) is 60.8 Å². The van der Waals surface area contributed by atoms with Gasteiger partial charge in [-0.3, -0.25) is 13.9 Å². The van der Waals surface area contributed by atoms with E-state index < -0.39 is 44.2 Å². The van der Waals surface area contributed by atoms with Gasteiger partial charge in [-0.15, -0.1) is 0 Å². The number of nitrogen functional groups attached to an aromatic ring is 1. The van der Waals surface area contributed by atoms with Crippen LogP contribution in [0.25, 0.3) is 11.2 Å². The number of benzene rings is 1. The minimum absolute atomic E-state index is 0.306. The number of esters is 1. The molecule has 1 aromatic carbocycles. The lowest BCUT2D eigenvalue weighted by Crippen LogP contribution is -2.36. The van der Waals surface area contributed by atoms with Crippen molar-refractivity contribution in [3.63, 3.8) is 0 Å². The van der Waals surface area contributed by atoms with Gasteiger partial charge in [0.25, 0.3) is 0 Å². The molecule has 0 amide bonds. The van der Waals surface area contributed by atoms with Gasteiger partial charge in [0.15, 0.2) is 30.3 Å². The van der Waals surface area contributed by atoms with Crippen LogP contribution in [0.3, 0.4) is 0 Å². The lowest BCUT2D eigenvalue weighted by molar-refractivity contribution is -0.145. The summed E-state index contributed by atoms with van der Waals surface area (Å²) in [5.74, 6) is -0.496. The molecule has 1 saturated carbocycles. The summed E-state index contributed by atoms with van der Waals surface area (Å²) in [5, 5.41) is 2.71. The Morgan fingerprint density at radius 1 is 1.30 bits per heavy atom. The van der Waals surface area contributed by atoms with Crippen molar-refractivity contribution in [1.29, 1.82) is 0 Å². The first-order valence-corrected chi connectivity index (χ1v) is 13.6. The van der Waals surface area contributed by atoms with Crippen molar-refractivity contribution in [2.75, 3.05) is 18.7 Å². The maximum absolute atomic E-state index is 14.8. The Bertz CT molecular complexity index is 1350. The third-order valence-electron chi connectivity index (χ3n) is 5.85. The second-order valence-corrected chi connectivity index (χ2v) is 11.0. The number of hydrogen-bond donors (Lipinski definition) is 2. The van der Waals surface area contributed by atoms with E-state index >= 15 is 0 Å². The molecule has 0 spiro atoms. The number of carbonyl (C=O) groups excluding carboxylic acids is 1. The fourth-order valence-electron chi connectivity index (χ4n) is 3.72. The molecule has 2 aliphatic rings. The zero-order chi connectivity index (χ0) is 26.0. The van der Waals surface area contributed by atoms with Crippen LogP contribution in [-0.2, 0) is 23.6 Å².